The van der Waals surface area contributed by atoms with Crippen LogP contribution >= 0.6 is 0 Å². The smallest absolute Gasteiger partial charge is 0.223 e. The van der Waals surface area contributed by atoms with Crippen molar-refractivity contribution in [2.75, 3.05) is 32.8 Å². The van der Waals surface area contributed by atoms with Crippen molar-refractivity contribution >= 4 is 11.8 Å². The molecular weight excluding hydrogens is 388 g/mol. The second-order valence-electron chi connectivity index (χ2n) is 8.42. The van der Waals surface area contributed by atoms with E-state index in [0.717, 1.165) is 23.3 Å². The molecule has 5 heteroatoms. The van der Waals surface area contributed by atoms with Crippen molar-refractivity contribution in [2.24, 2.45) is 0 Å². The predicted octanol–water partition coefficient (Wildman–Crippen LogP) is 4.07. The molecule has 5 nitrogen and oxygen atoms in total. The number of rotatable bonds is 8. The summed E-state index contributed by atoms with van der Waals surface area (Å²) in [6.07, 6.45) is 2.46. The van der Waals surface area contributed by atoms with Gasteiger partial charge < -0.3 is 14.5 Å². The first-order chi connectivity index (χ1) is 14.9. The summed E-state index contributed by atoms with van der Waals surface area (Å²) in [4.78, 5) is 28.8. The molecule has 1 fully saturated rings. The molecule has 0 radical (unpaired) electrons. The van der Waals surface area contributed by atoms with Crippen LogP contribution in [0.15, 0.2) is 42.5 Å². The molecule has 1 aliphatic heterocycles. The molecule has 0 bridgehead atoms. The van der Waals surface area contributed by atoms with E-state index < -0.39 is 0 Å². The molecule has 0 saturated carbocycles. The highest BCUT2D eigenvalue weighted by Crippen LogP contribution is 2.22. The quantitative estimate of drug-likeness (QED) is 0.603. The number of carbonyl (C=O) groups is 2. The van der Waals surface area contributed by atoms with E-state index in [4.69, 9.17) is 4.74 Å². The maximum atomic E-state index is 12.5. The molecule has 2 aromatic carbocycles. The Kier molecular flexibility index (Phi) is 8.10. The maximum Gasteiger partial charge on any atom is 0.223 e. The van der Waals surface area contributed by atoms with E-state index in [-0.39, 0.29) is 11.8 Å². The third-order valence-electron chi connectivity index (χ3n) is 5.92. The van der Waals surface area contributed by atoms with Crippen molar-refractivity contribution in [3.8, 4) is 5.75 Å². The standard InChI is InChI=1S/C26H34N2O3/c1-20-9-11-23(12-10-20)13-14-25(30)28-17-15-27(16-18-28)24(29)8-5-19-31-26-21(2)6-4-7-22(26)3/h4,6-7,9-12H,5,8,13-19H2,1-3H3. The van der Waals surface area contributed by atoms with Crippen LogP contribution in [0.4, 0.5) is 0 Å². The van der Waals surface area contributed by atoms with Gasteiger partial charge in [0.05, 0.1) is 6.61 Å². The van der Waals surface area contributed by atoms with Crippen LogP contribution in [0, 0.1) is 20.8 Å². The summed E-state index contributed by atoms with van der Waals surface area (Å²) >= 11 is 0. The predicted molar refractivity (Wildman–Crippen MR) is 123 cm³/mol. The van der Waals surface area contributed by atoms with Gasteiger partial charge in [-0.05, 0) is 50.3 Å². The van der Waals surface area contributed by atoms with Crippen molar-refractivity contribution < 1.29 is 14.3 Å². The second kappa shape index (κ2) is 11.0. The number of nitrogens with zero attached hydrogens (tertiary/aromatic N) is 2. The Morgan fingerprint density at radius 1 is 0.806 bits per heavy atom. The highest BCUT2D eigenvalue weighted by molar-refractivity contribution is 5.78. The summed E-state index contributed by atoms with van der Waals surface area (Å²) in [5.41, 5.74) is 4.66. The van der Waals surface area contributed by atoms with Gasteiger partial charge in [-0.3, -0.25) is 9.59 Å². The molecule has 0 spiro atoms. The lowest BCUT2D eigenvalue weighted by Crippen LogP contribution is -2.50. The molecule has 0 aromatic heterocycles. The molecule has 31 heavy (non-hydrogen) atoms. The van der Waals surface area contributed by atoms with Crippen LogP contribution in [0.25, 0.3) is 0 Å². The van der Waals surface area contributed by atoms with Crippen molar-refractivity contribution in [2.45, 2.75) is 46.5 Å². The fourth-order valence-corrected chi connectivity index (χ4v) is 3.95. The number of hydrogen-bond acceptors (Lipinski definition) is 3. The number of hydrogen-bond donors (Lipinski definition) is 0. The number of amides is 2. The summed E-state index contributed by atoms with van der Waals surface area (Å²) in [7, 11) is 0. The number of piperazine rings is 1. The topological polar surface area (TPSA) is 49.9 Å². The second-order valence-corrected chi connectivity index (χ2v) is 8.42. The van der Waals surface area contributed by atoms with Crippen LogP contribution in [0.5, 0.6) is 5.75 Å². The summed E-state index contributed by atoms with van der Waals surface area (Å²) < 4.78 is 5.90. The molecule has 166 valence electrons. The largest absolute Gasteiger partial charge is 0.493 e. The van der Waals surface area contributed by atoms with Gasteiger partial charge in [-0.2, -0.15) is 0 Å². The molecule has 1 saturated heterocycles. The van der Waals surface area contributed by atoms with Crippen LogP contribution in [0.3, 0.4) is 0 Å². The zero-order chi connectivity index (χ0) is 22.2. The minimum absolute atomic E-state index is 0.150. The van der Waals surface area contributed by atoms with Crippen LogP contribution in [-0.2, 0) is 16.0 Å². The normalized spacial score (nSPS) is 13.9. The van der Waals surface area contributed by atoms with Crippen LogP contribution < -0.4 is 4.74 Å². The Bertz CT molecular complexity index is 864. The van der Waals surface area contributed by atoms with Crippen LogP contribution in [-0.4, -0.2) is 54.4 Å². The van der Waals surface area contributed by atoms with Gasteiger partial charge >= 0.3 is 0 Å². The number of benzene rings is 2. The van der Waals surface area contributed by atoms with Gasteiger partial charge in [0.1, 0.15) is 5.75 Å². The monoisotopic (exact) mass is 422 g/mol. The third-order valence-corrected chi connectivity index (χ3v) is 5.92. The minimum Gasteiger partial charge on any atom is -0.493 e. The van der Waals surface area contributed by atoms with E-state index in [0.29, 0.717) is 52.0 Å². The summed E-state index contributed by atoms with van der Waals surface area (Å²) in [5, 5.41) is 0. The highest BCUT2D eigenvalue weighted by atomic mass is 16.5. The summed E-state index contributed by atoms with van der Waals surface area (Å²) in [6.45, 7) is 9.15. The Balaban J connectivity index is 1.34. The molecule has 0 N–H and O–H groups in total. The van der Waals surface area contributed by atoms with E-state index in [9.17, 15) is 9.59 Å². The average molecular weight is 423 g/mol. The molecule has 0 unspecified atom stereocenters. The third kappa shape index (κ3) is 6.58. The van der Waals surface area contributed by atoms with Gasteiger partial charge in [0.15, 0.2) is 0 Å². The number of para-hydroxylation sites is 1. The Labute approximate surface area is 186 Å². The molecule has 3 rings (SSSR count). The van der Waals surface area contributed by atoms with Gasteiger partial charge in [-0.1, -0.05) is 48.0 Å². The van der Waals surface area contributed by atoms with E-state index in [1.165, 1.54) is 11.1 Å². The SMILES string of the molecule is Cc1ccc(CCC(=O)N2CCN(C(=O)CCCOc3c(C)cccc3C)CC2)cc1. The van der Waals surface area contributed by atoms with Crippen LogP contribution in [0.1, 0.15) is 41.5 Å². The van der Waals surface area contributed by atoms with Crippen molar-refractivity contribution in [1.29, 1.82) is 0 Å². The Morgan fingerprint density at radius 2 is 1.35 bits per heavy atom. The van der Waals surface area contributed by atoms with Gasteiger partial charge in [0, 0.05) is 39.0 Å². The van der Waals surface area contributed by atoms with E-state index >= 15 is 0 Å². The van der Waals surface area contributed by atoms with Crippen LogP contribution in [0.2, 0.25) is 0 Å². The van der Waals surface area contributed by atoms with E-state index in [1.807, 2.05) is 41.8 Å². The molecule has 1 heterocycles. The first-order valence-corrected chi connectivity index (χ1v) is 11.2. The van der Waals surface area contributed by atoms with Gasteiger partial charge in [-0.15, -0.1) is 0 Å². The van der Waals surface area contributed by atoms with E-state index in [1.54, 1.807) is 0 Å². The molecule has 0 aliphatic carbocycles. The number of aryl methyl sites for hydroxylation is 4. The summed E-state index contributed by atoms with van der Waals surface area (Å²) in [5.74, 6) is 1.25. The Hall–Kier alpha value is -2.82. The van der Waals surface area contributed by atoms with Crippen molar-refractivity contribution in [1.82, 2.24) is 9.80 Å². The lowest BCUT2D eigenvalue weighted by molar-refractivity contribution is -0.139. The summed E-state index contributed by atoms with van der Waals surface area (Å²) in [6, 6.07) is 14.4. The lowest BCUT2D eigenvalue weighted by atomic mass is 10.1. The van der Waals surface area contributed by atoms with Gasteiger partial charge in [0.2, 0.25) is 11.8 Å². The van der Waals surface area contributed by atoms with Gasteiger partial charge in [0.25, 0.3) is 0 Å². The number of carbonyl (C=O) groups excluding carboxylic acids is 2. The lowest BCUT2D eigenvalue weighted by Gasteiger charge is -2.35. The van der Waals surface area contributed by atoms with Crippen molar-refractivity contribution in [3.63, 3.8) is 0 Å². The average Bonchev–Trinajstić information content (AvgIpc) is 2.77. The molecule has 1 aliphatic rings. The zero-order valence-electron chi connectivity index (χ0n) is 19.0. The van der Waals surface area contributed by atoms with Crippen molar-refractivity contribution in [3.05, 3.63) is 64.7 Å². The van der Waals surface area contributed by atoms with E-state index in [2.05, 4.69) is 31.2 Å². The molecular formula is C26H34N2O3. The fourth-order valence-electron chi connectivity index (χ4n) is 3.95. The minimum atomic E-state index is 0.150. The van der Waals surface area contributed by atoms with Gasteiger partial charge in [-0.25, -0.2) is 0 Å². The maximum absolute atomic E-state index is 12.5. The molecule has 2 aromatic rings. The fraction of sp³-hybridized carbons (Fsp3) is 0.462. The Morgan fingerprint density at radius 3 is 1.94 bits per heavy atom. The highest BCUT2D eigenvalue weighted by Gasteiger charge is 2.23. The zero-order valence-corrected chi connectivity index (χ0v) is 19.0. The number of ether oxygens (including phenoxy) is 1. The molecule has 2 amide bonds. The molecule has 0 atom stereocenters. The first-order valence-electron chi connectivity index (χ1n) is 11.2. The first kappa shape index (κ1) is 22.9.